The molecule has 20 heavy (non-hydrogen) atoms. The Morgan fingerprint density at radius 1 is 1.10 bits per heavy atom. The molecule has 2 rings (SSSR count). The van der Waals surface area contributed by atoms with Crippen LogP contribution in [0.2, 0.25) is 0 Å². The fourth-order valence-electron chi connectivity index (χ4n) is 2.72. The molecular formula is C19H19N. The number of benzene rings is 2. The minimum Gasteiger partial charge on any atom is -0.197 e. The second-order valence-corrected chi connectivity index (χ2v) is 5.16. The van der Waals surface area contributed by atoms with Crippen molar-refractivity contribution in [1.29, 1.82) is 5.26 Å². The van der Waals surface area contributed by atoms with E-state index in [1.807, 2.05) is 36.4 Å². The van der Waals surface area contributed by atoms with Gasteiger partial charge in [-0.3, -0.25) is 0 Å². The van der Waals surface area contributed by atoms with Gasteiger partial charge in [0.25, 0.3) is 0 Å². The molecule has 1 atom stereocenters. The number of allylic oxidation sites excluding steroid dienone is 1. The second-order valence-electron chi connectivity index (χ2n) is 5.16. The maximum Gasteiger partial charge on any atom is 0.0899 e. The van der Waals surface area contributed by atoms with E-state index in [1.165, 1.54) is 5.56 Å². The molecule has 0 aliphatic carbocycles. The van der Waals surface area contributed by atoms with E-state index >= 15 is 0 Å². The standard InChI is InChI=1S/C19H19N/c1-3-13-19(15-20,14-17-10-5-4-6-11-17)18-12-8-7-9-16(18)2/h3-12H,1,13-14H2,2H3. The van der Waals surface area contributed by atoms with Crippen molar-refractivity contribution in [3.05, 3.63) is 83.9 Å². The first-order valence-corrected chi connectivity index (χ1v) is 6.84. The molecule has 0 spiro atoms. The Labute approximate surface area is 121 Å². The summed E-state index contributed by atoms with van der Waals surface area (Å²) in [5.74, 6) is 0. The van der Waals surface area contributed by atoms with Gasteiger partial charge in [0.15, 0.2) is 0 Å². The van der Waals surface area contributed by atoms with Crippen LogP contribution < -0.4 is 0 Å². The zero-order valence-electron chi connectivity index (χ0n) is 11.8. The molecule has 1 unspecified atom stereocenters. The van der Waals surface area contributed by atoms with E-state index in [-0.39, 0.29) is 0 Å². The van der Waals surface area contributed by atoms with Gasteiger partial charge in [-0.25, -0.2) is 0 Å². The predicted molar refractivity (Wildman–Crippen MR) is 83.4 cm³/mol. The first kappa shape index (κ1) is 14.1. The lowest BCUT2D eigenvalue weighted by Crippen LogP contribution is -2.27. The SMILES string of the molecule is C=CCC(C#N)(Cc1ccccc1)c1ccccc1C. The largest absolute Gasteiger partial charge is 0.197 e. The van der Waals surface area contributed by atoms with Crippen molar-refractivity contribution < 1.29 is 0 Å². The Morgan fingerprint density at radius 3 is 2.35 bits per heavy atom. The van der Waals surface area contributed by atoms with Gasteiger partial charge in [-0.1, -0.05) is 60.7 Å². The average Bonchev–Trinajstić information content (AvgIpc) is 2.48. The molecule has 0 saturated heterocycles. The van der Waals surface area contributed by atoms with E-state index in [0.717, 1.165) is 11.1 Å². The maximum absolute atomic E-state index is 9.85. The van der Waals surface area contributed by atoms with Gasteiger partial charge in [-0.15, -0.1) is 6.58 Å². The van der Waals surface area contributed by atoms with E-state index in [4.69, 9.17) is 0 Å². The molecule has 0 bridgehead atoms. The molecule has 100 valence electrons. The zero-order chi connectivity index (χ0) is 14.4. The first-order chi connectivity index (χ1) is 9.72. The average molecular weight is 261 g/mol. The molecule has 2 aromatic carbocycles. The van der Waals surface area contributed by atoms with Crippen LogP contribution in [0.25, 0.3) is 0 Å². The van der Waals surface area contributed by atoms with Gasteiger partial charge < -0.3 is 0 Å². The van der Waals surface area contributed by atoms with Gasteiger partial charge in [0.05, 0.1) is 11.5 Å². The molecule has 0 aliphatic rings. The lowest BCUT2D eigenvalue weighted by molar-refractivity contribution is 0.550. The minimum atomic E-state index is -0.533. The van der Waals surface area contributed by atoms with Crippen molar-refractivity contribution in [1.82, 2.24) is 0 Å². The summed E-state index contributed by atoms with van der Waals surface area (Å²) in [5, 5.41) is 9.85. The monoisotopic (exact) mass is 261 g/mol. The van der Waals surface area contributed by atoms with Crippen molar-refractivity contribution >= 4 is 0 Å². The van der Waals surface area contributed by atoms with Crippen molar-refractivity contribution in [2.75, 3.05) is 0 Å². The quantitative estimate of drug-likeness (QED) is 0.723. The third kappa shape index (κ3) is 2.81. The number of hydrogen-bond donors (Lipinski definition) is 0. The summed E-state index contributed by atoms with van der Waals surface area (Å²) >= 11 is 0. The molecule has 0 aromatic heterocycles. The normalized spacial score (nSPS) is 13.2. The van der Waals surface area contributed by atoms with Gasteiger partial charge >= 0.3 is 0 Å². The number of hydrogen-bond acceptors (Lipinski definition) is 1. The van der Waals surface area contributed by atoms with Gasteiger partial charge in [0.1, 0.15) is 0 Å². The Bertz CT molecular complexity index is 622. The Kier molecular flexibility index (Phi) is 4.38. The highest BCUT2D eigenvalue weighted by Gasteiger charge is 2.32. The molecule has 0 heterocycles. The molecule has 0 radical (unpaired) electrons. The van der Waals surface area contributed by atoms with Crippen LogP contribution in [0, 0.1) is 18.3 Å². The van der Waals surface area contributed by atoms with E-state index in [9.17, 15) is 5.26 Å². The highest BCUT2D eigenvalue weighted by Crippen LogP contribution is 2.34. The molecule has 1 nitrogen and oxygen atoms in total. The molecular weight excluding hydrogens is 242 g/mol. The summed E-state index contributed by atoms with van der Waals surface area (Å²) in [4.78, 5) is 0. The second kappa shape index (κ2) is 6.21. The van der Waals surface area contributed by atoms with Crippen molar-refractivity contribution in [2.24, 2.45) is 0 Å². The lowest BCUT2D eigenvalue weighted by atomic mass is 9.73. The number of aryl methyl sites for hydroxylation is 1. The molecule has 0 saturated carbocycles. The Hall–Kier alpha value is -2.33. The molecule has 0 fully saturated rings. The van der Waals surface area contributed by atoms with Crippen LogP contribution >= 0.6 is 0 Å². The molecule has 0 aliphatic heterocycles. The van der Waals surface area contributed by atoms with E-state index in [0.29, 0.717) is 12.8 Å². The topological polar surface area (TPSA) is 23.8 Å². The Balaban J connectivity index is 2.49. The smallest absolute Gasteiger partial charge is 0.0899 e. The highest BCUT2D eigenvalue weighted by atomic mass is 14.4. The van der Waals surface area contributed by atoms with Crippen molar-refractivity contribution in [3.8, 4) is 6.07 Å². The fourth-order valence-corrected chi connectivity index (χ4v) is 2.72. The predicted octanol–water partition coefficient (Wildman–Crippen LogP) is 4.58. The van der Waals surface area contributed by atoms with Crippen LogP contribution in [0.1, 0.15) is 23.1 Å². The molecule has 2 aromatic rings. The maximum atomic E-state index is 9.85. The third-order valence-corrected chi connectivity index (χ3v) is 3.72. The number of nitrogens with zero attached hydrogens (tertiary/aromatic N) is 1. The summed E-state index contributed by atoms with van der Waals surface area (Å²) in [6.07, 6.45) is 3.21. The van der Waals surface area contributed by atoms with E-state index in [1.54, 1.807) is 0 Å². The van der Waals surface area contributed by atoms with Crippen LogP contribution in [0.4, 0.5) is 0 Å². The number of rotatable bonds is 5. The van der Waals surface area contributed by atoms with Crippen LogP contribution in [0.5, 0.6) is 0 Å². The first-order valence-electron chi connectivity index (χ1n) is 6.84. The Morgan fingerprint density at radius 2 is 1.75 bits per heavy atom. The van der Waals surface area contributed by atoms with Gasteiger partial charge in [0.2, 0.25) is 0 Å². The number of nitriles is 1. The highest BCUT2D eigenvalue weighted by molar-refractivity contribution is 5.41. The summed E-state index contributed by atoms with van der Waals surface area (Å²) in [5.41, 5.74) is 2.91. The minimum absolute atomic E-state index is 0.533. The summed E-state index contributed by atoms with van der Waals surface area (Å²) in [6.45, 7) is 5.90. The van der Waals surface area contributed by atoms with Gasteiger partial charge in [-0.05, 0) is 36.5 Å². The van der Waals surface area contributed by atoms with Crippen LogP contribution in [0.15, 0.2) is 67.3 Å². The summed E-state index contributed by atoms with van der Waals surface area (Å²) in [6, 6.07) is 20.9. The van der Waals surface area contributed by atoms with Gasteiger partial charge in [0, 0.05) is 0 Å². The van der Waals surface area contributed by atoms with Crippen LogP contribution in [-0.4, -0.2) is 0 Å². The molecule has 0 amide bonds. The molecule has 0 N–H and O–H groups in total. The lowest BCUT2D eigenvalue weighted by Gasteiger charge is -2.28. The third-order valence-electron chi connectivity index (χ3n) is 3.72. The fraction of sp³-hybridized carbons (Fsp3) is 0.211. The van der Waals surface area contributed by atoms with E-state index < -0.39 is 5.41 Å². The van der Waals surface area contributed by atoms with Crippen LogP contribution in [-0.2, 0) is 11.8 Å². The van der Waals surface area contributed by atoms with E-state index in [2.05, 4.69) is 43.8 Å². The van der Waals surface area contributed by atoms with Crippen molar-refractivity contribution in [3.63, 3.8) is 0 Å². The molecule has 1 heteroatoms. The van der Waals surface area contributed by atoms with Crippen molar-refractivity contribution in [2.45, 2.75) is 25.2 Å². The van der Waals surface area contributed by atoms with Crippen LogP contribution in [0.3, 0.4) is 0 Å². The summed E-state index contributed by atoms with van der Waals surface area (Å²) < 4.78 is 0. The zero-order valence-corrected chi connectivity index (χ0v) is 11.8. The van der Waals surface area contributed by atoms with Gasteiger partial charge in [-0.2, -0.15) is 5.26 Å². The summed E-state index contributed by atoms with van der Waals surface area (Å²) in [7, 11) is 0.